The molecule has 0 nitrogen and oxygen atoms in total. The maximum Gasteiger partial charge on any atom is 0.0406 e. The predicted molar refractivity (Wildman–Crippen MR) is 79.2 cm³/mol. The van der Waals surface area contributed by atoms with Crippen molar-refractivity contribution in [3.8, 4) is 0 Å². The van der Waals surface area contributed by atoms with Gasteiger partial charge in [0.2, 0.25) is 0 Å². The lowest BCUT2D eigenvalue weighted by atomic mass is 10.1. The first-order chi connectivity index (χ1) is 7.51. The topological polar surface area (TPSA) is 0 Å². The number of halogens is 1. The highest BCUT2D eigenvalue weighted by Crippen LogP contribution is 2.07. The molecule has 0 aliphatic carbocycles. The van der Waals surface area contributed by atoms with E-state index in [0.717, 1.165) is 5.02 Å². The van der Waals surface area contributed by atoms with Crippen LogP contribution in [0.15, 0.2) is 35.9 Å². The number of hydrogen-bond acceptors (Lipinski definition) is 0. The van der Waals surface area contributed by atoms with Crippen LogP contribution in [0.2, 0.25) is 5.02 Å². The van der Waals surface area contributed by atoms with E-state index in [1.165, 1.54) is 11.1 Å². The molecule has 0 fully saturated rings. The van der Waals surface area contributed by atoms with Gasteiger partial charge in [0.1, 0.15) is 0 Å². The van der Waals surface area contributed by atoms with Gasteiger partial charge in [-0.15, -0.1) is 8.86 Å². The Morgan fingerprint density at radius 1 is 1.25 bits per heavy atom. The highest BCUT2D eigenvalue weighted by Gasteiger charge is 1.93. The highest BCUT2D eigenvalue weighted by atomic mass is 35.5. The first kappa shape index (κ1) is 15.4. The molecule has 0 saturated heterocycles. The van der Waals surface area contributed by atoms with Crippen LogP contribution < -0.4 is 0 Å². The minimum Gasteiger partial charge on any atom is -0.122 e. The summed E-state index contributed by atoms with van der Waals surface area (Å²) >= 11 is 5.61. The fourth-order valence-corrected chi connectivity index (χ4v) is 1.74. The molecule has 0 radical (unpaired) electrons. The standard InChI is InChI=1S/C7H7Cl.C7H13P/c1-6-2-4-7(8)5-3-6;1-4-7(5-8)6(2)3/h2-5H,1H3;4-6,8H,1-3H3/b;7-4+. The van der Waals surface area contributed by atoms with Gasteiger partial charge in [-0.25, -0.2) is 0 Å². The second kappa shape index (κ2) is 8.56. The normalized spacial score (nSPS) is 10.8. The molecule has 1 aromatic carbocycles. The summed E-state index contributed by atoms with van der Waals surface area (Å²) in [5.74, 6) is 2.60. The van der Waals surface area contributed by atoms with Gasteiger partial charge in [0.15, 0.2) is 0 Å². The summed E-state index contributed by atoms with van der Waals surface area (Å²) in [5, 5.41) is 0.801. The van der Waals surface area contributed by atoms with Gasteiger partial charge in [-0.05, 0) is 43.3 Å². The highest BCUT2D eigenvalue weighted by molar-refractivity contribution is 7.19. The van der Waals surface area contributed by atoms with Crippen LogP contribution in [-0.2, 0) is 0 Å². The van der Waals surface area contributed by atoms with Gasteiger partial charge < -0.3 is 0 Å². The fourth-order valence-electron chi connectivity index (χ4n) is 1.12. The molecule has 0 heterocycles. The van der Waals surface area contributed by atoms with Crippen molar-refractivity contribution in [2.24, 2.45) is 5.92 Å². The molecule has 1 aromatic rings. The van der Waals surface area contributed by atoms with Crippen molar-refractivity contribution in [1.29, 1.82) is 0 Å². The van der Waals surface area contributed by atoms with Crippen molar-refractivity contribution in [2.75, 3.05) is 0 Å². The summed E-state index contributed by atoms with van der Waals surface area (Å²) in [5.41, 5.74) is 2.59. The summed E-state index contributed by atoms with van der Waals surface area (Å²) in [6, 6.07) is 7.75. The average molecular weight is 255 g/mol. The van der Waals surface area contributed by atoms with Crippen LogP contribution >= 0.6 is 20.5 Å². The van der Waals surface area contributed by atoms with E-state index in [4.69, 9.17) is 11.6 Å². The molecule has 1 rings (SSSR count). The molecule has 0 N–H and O–H groups in total. The summed E-state index contributed by atoms with van der Waals surface area (Å²) in [6.07, 6.45) is 2.11. The average Bonchev–Trinajstić information content (AvgIpc) is 2.25. The second-order valence-electron chi connectivity index (χ2n) is 3.88. The van der Waals surface area contributed by atoms with E-state index < -0.39 is 0 Å². The monoisotopic (exact) mass is 254 g/mol. The van der Waals surface area contributed by atoms with Gasteiger partial charge in [-0.1, -0.05) is 49.2 Å². The number of aryl methyl sites for hydroxylation is 1. The van der Waals surface area contributed by atoms with E-state index in [1.54, 1.807) is 0 Å². The molecule has 0 aliphatic rings. The van der Waals surface area contributed by atoms with Crippen LogP contribution in [0.4, 0.5) is 0 Å². The van der Waals surface area contributed by atoms with Crippen LogP contribution in [-0.4, -0.2) is 5.80 Å². The molecule has 0 amide bonds. The molecule has 16 heavy (non-hydrogen) atoms. The number of rotatable bonds is 2. The Kier molecular flexibility index (Phi) is 8.25. The molecule has 0 aliphatic heterocycles. The third-order valence-corrected chi connectivity index (χ3v) is 2.76. The molecule has 88 valence electrons. The van der Waals surface area contributed by atoms with Gasteiger partial charge in [0, 0.05) is 5.02 Å². The lowest BCUT2D eigenvalue weighted by molar-refractivity contribution is 0.807. The van der Waals surface area contributed by atoms with E-state index in [-0.39, 0.29) is 0 Å². The van der Waals surface area contributed by atoms with Crippen LogP contribution in [0.3, 0.4) is 0 Å². The lowest BCUT2D eigenvalue weighted by Crippen LogP contribution is -1.91. The molecule has 0 spiro atoms. The van der Waals surface area contributed by atoms with Gasteiger partial charge in [0.25, 0.3) is 0 Å². The van der Waals surface area contributed by atoms with Crippen molar-refractivity contribution in [3.05, 3.63) is 46.5 Å². The first-order valence-corrected chi connectivity index (χ1v) is 6.35. The Hall–Kier alpha value is -0.580. The van der Waals surface area contributed by atoms with Crippen LogP contribution in [0, 0.1) is 12.8 Å². The third-order valence-electron chi connectivity index (χ3n) is 2.18. The van der Waals surface area contributed by atoms with E-state index >= 15 is 0 Å². The quantitative estimate of drug-likeness (QED) is 0.638. The summed E-state index contributed by atoms with van der Waals surface area (Å²) in [7, 11) is 3.33. The minimum absolute atomic E-state index is 0.637. The van der Waals surface area contributed by atoms with E-state index in [9.17, 15) is 0 Å². The maximum absolute atomic E-state index is 5.61. The van der Waals surface area contributed by atoms with Crippen molar-refractivity contribution < 1.29 is 0 Å². The molecule has 0 bridgehead atoms. The number of allylic oxidation sites excluding steroid dienone is 2. The van der Waals surface area contributed by atoms with Crippen LogP contribution in [0.25, 0.3) is 0 Å². The van der Waals surface area contributed by atoms with Crippen molar-refractivity contribution in [2.45, 2.75) is 27.7 Å². The Labute approximate surface area is 107 Å². The maximum atomic E-state index is 5.61. The largest absolute Gasteiger partial charge is 0.122 e. The van der Waals surface area contributed by atoms with E-state index in [2.05, 4.69) is 28.8 Å². The van der Waals surface area contributed by atoms with Gasteiger partial charge in [0.05, 0.1) is 0 Å². The Balaban J connectivity index is 0.000000281. The van der Waals surface area contributed by atoms with Crippen LogP contribution in [0.1, 0.15) is 26.3 Å². The van der Waals surface area contributed by atoms with Crippen molar-refractivity contribution in [3.63, 3.8) is 0 Å². The molecule has 0 atom stereocenters. The number of benzene rings is 1. The minimum atomic E-state index is 0.637. The third kappa shape index (κ3) is 6.82. The predicted octanol–water partition coefficient (Wildman–Crippen LogP) is 5.18. The Morgan fingerprint density at radius 3 is 1.94 bits per heavy atom. The smallest absolute Gasteiger partial charge is 0.0406 e. The van der Waals surface area contributed by atoms with Crippen LogP contribution in [0.5, 0.6) is 0 Å². The van der Waals surface area contributed by atoms with Gasteiger partial charge in [-0.2, -0.15) is 0 Å². The zero-order valence-corrected chi connectivity index (χ0v) is 12.2. The van der Waals surface area contributed by atoms with Crippen molar-refractivity contribution in [1.82, 2.24) is 0 Å². The Morgan fingerprint density at radius 2 is 1.75 bits per heavy atom. The Bertz CT molecular complexity index is 315. The summed E-state index contributed by atoms with van der Waals surface area (Å²) < 4.78 is 0. The zero-order chi connectivity index (χ0) is 12.6. The summed E-state index contributed by atoms with van der Waals surface area (Å²) in [4.78, 5) is 0. The van der Waals surface area contributed by atoms with Gasteiger partial charge in [-0.3, -0.25) is 0 Å². The van der Waals surface area contributed by atoms with E-state index in [0.29, 0.717) is 5.92 Å². The fraction of sp³-hybridized carbons (Fsp3) is 0.357. The molecule has 0 unspecified atom stereocenters. The molecular formula is C14H20ClP. The number of hydrogen-bond donors (Lipinski definition) is 0. The first-order valence-electron chi connectivity index (χ1n) is 5.40. The van der Waals surface area contributed by atoms with E-state index in [1.807, 2.05) is 43.9 Å². The lowest BCUT2D eigenvalue weighted by Gasteiger charge is -2.01. The molecule has 0 aromatic heterocycles. The molecule has 2 heteroatoms. The molecule has 0 saturated carbocycles. The zero-order valence-electron chi connectivity index (χ0n) is 10.4. The molecular weight excluding hydrogens is 235 g/mol. The van der Waals surface area contributed by atoms with Crippen molar-refractivity contribution >= 4 is 26.3 Å². The summed E-state index contributed by atoms with van der Waals surface area (Å²) in [6.45, 7) is 8.43. The van der Waals surface area contributed by atoms with Gasteiger partial charge >= 0.3 is 0 Å². The SMILES string of the molecule is C/C=C(\C=P)C(C)C.Cc1ccc(Cl)cc1. The second-order valence-corrected chi connectivity index (χ2v) is 4.61.